The van der Waals surface area contributed by atoms with Gasteiger partial charge in [-0.1, -0.05) is 0 Å². The normalized spacial score (nSPS) is 21.2. The lowest BCUT2D eigenvalue weighted by Crippen LogP contribution is -2.59. The van der Waals surface area contributed by atoms with Crippen molar-refractivity contribution in [2.75, 3.05) is 19.8 Å². The van der Waals surface area contributed by atoms with Gasteiger partial charge in [0.05, 0.1) is 12.6 Å². The summed E-state index contributed by atoms with van der Waals surface area (Å²) in [7, 11) is 0. The zero-order valence-corrected chi connectivity index (χ0v) is 11.0. The molecular formula is C12H24N2O3. The van der Waals surface area contributed by atoms with E-state index in [1.54, 1.807) is 0 Å². The minimum absolute atomic E-state index is 0.0284. The van der Waals surface area contributed by atoms with Crippen molar-refractivity contribution >= 4 is 5.91 Å². The third-order valence-corrected chi connectivity index (χ3v) is 3.10. The van der Waals surface area contributed by atoms with Crippen molar-refractivity contribution in [3.05, 3.63) is 0 Å². The first kappa shape index (κ1) is 14.4. The average molecular weight is 244 g/mol. The fraction of sp³-hybridized carbons (Fsp3) is 0.917. The molecule has 5 nitrogen and oxygen atoms in total. The van der Waals surface area contributed by atoms with E-state index >= 15 is 0 Å². The van der Waals surface area contributed by atoms with E-state index < -0.39 is 0 Å². The number of carbonyl (C=O) groups excluding carboxylic acids is 1. The van der Waals surface area contributed by atoms with Gasteiger partial charge >= 0.3 is 0 Å². The Morgan fingerprint density at radius 2 is 1.94 bits per heavy atom. The Morgan fingerprint density at radius 1 is 1.35 bits per heavy atom. The fourth-order valence-corrected chi connectivity index (χ4v) is 2.04. The van der Waals surface area contributed by atoms with Crippen molar-refractivity contribution in [2.24, 2.45) is 0 Å². The van der Waals surface area contributed by atoms with E-state index in [4.69, 9.17) is 4.74 Å². The molecule has 0 radical (unpaired) electrons. The Balaban J connectivity index is 2.52. The maximum absolute atomic E-state index is 11.8. The number of rotatable bonds is 5. The van der Waals surface area contributed by atoms with Gasteiger partial charge in [-0.05, 0) is 33.6 Å². The number of hydrogen-bond donors (Lipinski definition) is 3. The molecule has 0 aromatic carbocycles. The third kappa shape index (κ3) is 4.26. The summed E-state index contributed by atoms with van der Waals surface area (Å²) >= 11 is 0. The lowest BCUT2D eigenvalue weighted by Gasteiger charge is -2.38. The molecule has 1 amide bonds. The zero-order chi connectivity index (χ0) is 12.9. The highest BCUT2D eigenvalue weighted by atomic mass is 16.5. The van der Waals surface area contributed by atoms with E-state index in [2.05, 4.69) is 10.6 Å². The first-order chi connectivity index (χ1) is 7.99. The van der Waals surface area contributed by atoms with Gasteiger partial charge in [0.2, 0.25) is 5.91 Å². The number of nitrogens with one attached hydrogen (secondary N) is 2. The molecule has 1 aliphatic heterocycles. The standard InChI is InChI=1S/C12H24N2O3/c1-9(2)13-11(16)10(3)14-12(8-15)4-6-17-7-5-12/h9-10,14-15H,4-8H2,1-3H3,(H,13,16). The van der Waals surface area contributed by atoms with Gasteiger partial charge in [0.15, 0.2) is 0 Å². The summed E-state index contributed by atoms with van der Waals surface area (Å²) in [6, 6.07) is -0.172. The van der Waals surface area contributed by atoms with Crippen LogP contribution in [0.4, 0.5) is 0 Å². The van der Waals surface area contributed by atoms with Gasteiger partial charge in [-0.3, -0.25) is 10.1 Å². The van der Waals surface area contributed by atoms with Crippen LogP contribution in [0.1, 0.15) is 33.6 Å². The quantitative estimate of drug-likeness (QED) is 0.638. The second kappa shape index (κ2) is 6.33. The van der Waals surface area contributed by atoms with Gasteiger partial charge < -0.3 is 15.2 Å². The van der Waals surface area contributed by atoms with Gasteiger partial charge in [0.1, 0.15) is 0 Å². The predicted molar refractivity (Wildman–Crippen MR) is 65.7 cm³/mol. The lowest BCUT2D eigenvalue weighted by molar-refractivity contribution is -0.124. The first-order valence-corrected chi connectivity index (χ1v) is 6.26. The summed E-state index contributed by atoms with van der Waals surface area (Å²) in [5.74, 6) is -0.0284. The van der Waals surface area contributed by atoms with Crippen LogP contribution in [0.25, 0.3) is 0 Å². The van der Waals surface area contributed by atoms with Gasteiger partial charge in [0, 0.05) is 24.8 Å². The molecule has 0 aliphatic carbocycles. The van der Waals surface area contributed by atoms with Gasteiger partial charge in [0.25, 0.3) is 0 Å². The maximum Gasteiger partial charge on any atom is 0.237 e. The number of aliphatic hydroxyl groups excluding tert-OH is 1. The summed E-state index contributed by atoms with van der Waals surface area (Å²) in [6.07, 6.45) is 1.48. The molecule has 1 saturated heterocycles. The second-order valence-electron chi connectivity index (χ2n) is 5.08. The molecule has 17 heavy (non-hydrogen) atoms. The molecule has 0 saturated carbocycles. The molecule has 5 heteroatoms. The second-order valence-corrected chi connectivity index (χ2v) is 5.08. The fourth-order valence-electron chi connectivity index (χ4n) is 2.04. The number of hydrogen-bond acceptors (Lipinski definition) is 4. The molecule has 1 fully saturated rings. The van der Waals surface area contributed by atoms with Crippen LogP contribution in [0, 0.1) is 0 Å². The Kier molecular flexibility index (Phi) is 5.36. The van der Waals surface area contributed by atoms with Crippen LogP contribution < -0.4 is 10.6 Å². The first-order valence-electron chi connectivity index (χ1n) is 6.26. The van der Waals surface area contributed by atoms with Crippen molar-refractivity contribution in [3.8, 4) is 0 Å². The molecule has 1 atom stereocenters. The zero-order valence-electron chi connectivity index (χ0n) is 11.0. The lowest BCUT2D eigenvalue weighted by atomic mass is 9.90. The van der Waals surface area contributed by atoms with E-state index in [1.165, 1.54) is 0 Å². The Morgan fingerprint density at radius 3 is 2.41 bits per heavy atom. The molecule has 0 bridgehead atoms. The van der Waals surface area contributed by atoms with E-state index in [-0.39, 0.29) is 30.1 Å². The van der Waals surface area contributed by atoms with Crippen LogP contribution in [-0.4, -0.2) is 48.5 Å². The van der Waals surface area contributed by atoms with Crippen molar-refractivity contribution in [1.82, 2.24) is 10.6 Å². The highest BCUT2D eigenvalue weighted by molar-refractivity contribution is 5.81. The van der Waals surface area contributed by atoms with Gasteiger partial charge in [-0.2, -0.15) is 0 Å². The molecule has 1 heterocycles. The van der Waals surface area contributed by atoms with Crippen LogP contribution in [0.2, 0.25) is 0 Å². The van der Waals surface area contributed by atoms with Crippen molar-refractivity contribution < 1.29 is 14.6 Å². The van der Waals surface area contributed by atoms with E-state index in [0.717, 1.165) is 12.8 Å². The van der Waals surface area contributed by atoms with E-state index in [9.17, 15) is 9.90 Å². The van der Waals surface area contributed by atoms with Crippen molar-refractivity contribution in [1.29, 1.82) is 0 Å². The molecule has 3 N–H and O–H groups in total. The van der Waals surface area contributed by atoms with Crippen molar-refractivity contribution in [3.63, 3.8) is 0 Å². The average Bonchev–Trinajstić information content (AvgIpc) is 2.29. The summed E-state index contributed by atoms with van der Waals surface area (Å²) < 4.78 is 5.28. The summed E-state index contributed by atoms with van der Waals surface area (Å²) in [5, 5.41) is 15.6. The number of amides is 1. The van der Waals surface area contributed by atoms with Crippen LogP contribution >= 0.6 is 0 Å². The third-order valence-electron chi connectivity index (χ3n) is 3.10. The van der Waals surface area contributed by atoms with E-state index in [0.29, 0.717) is 13.2 Å². The SMILES string of the molecule is CC(C)NC(=O)C(C)NC1(CO)CCOCC1. The van der Waals surface area contributed by atoms with Crippen LogP contribution in [0.15, 0.2) is 0 Å². The molecule has 0 aromatic heterocycles. The molecule has 1 rings (SSSR count). The van der Waals surface area contributed by atoms with Crippen LogP contribution in [0.3, 0.4) is 0 Å². The van der Waals surface area contributed by atoms with Crippen molar-refractivity contribution in [2.45, 2.75) is 51.2 Å². The number of ether oxygens (including phenoxy) is 1. The molecule has 0 aromatic rings. The largest absolute Gasteiger partial charge is 0.394 e. The predicted octanol–water partition coefficient (Wildman–Crippen LogP) is 0.0306. The maximum atomic E-state index is 11.8. The van der Waals surface area contributed by atoms with Crippen LogP contribution in [0.5, 0.6) is 0 Å². The molecule has 0 spiro atoms. The summed E-state index contributed by atoms with van der Waals surface area (Å²) in [4.78, 5) is 11.8. The Bertz CT molecular complexity index is 250. The molecule has 1 aliphatic rings. The molecule has 1 unspecified atom stereocenters. The van der Waals surface area contributed by atoms with E-state index in [1.807, 2.05) is 20.8 Å². The Labute approximate surface area is 103 Å². The van der Waals surface area contributed by atoms with Gasteiger partial charge in [-0.15, -0.1) is 0 Å². The Hall–Kier alpha value is -0.650. The molecular weight excluding hydrogens is 220 g/mol. The number of carbonyl (C=O) groups is 1. The highest BCUT2D eigenvalue weighted by Gasteiger charge is 2.34. The number of aliphatic hydroxyl groups is 1. The topological polar surface area (TPSA) is 70.6 Å². The minimum Gasteiger partial charge on any atom is -0.394 e. The smallest absolute Gasteiger partial charge is 0.237 e. The highest BCUT2D eigenvalue weighted by Crippen LogP contribution is 2.20. The minimum atomic E-state index is -0.369. The van der Waals surface area contributed by atoms with Gasteiger partial charge in [-0.25, -0.2) is 0 Å². The van der Waals surface area contributed by atoms with Crippen LogP contribution in [-0.2, 0) is 9.53 Å². The monoisotopic (exact) mass is 244 g/mol. The summed E-state index contributed by atoms with van der Waals surface area (Å²) in [5.41, 5.74) is -0.369. The molecule has 100 valence electrons. The summed E-state index contributed by atoms with van der Waals surface area (Å²) in [6.45, 7) is 6.99.